The normalized spacial score (nSPS) is 10.4. The highest BCUT2D eigenvalue weighted by atomic mass is 16.4. The largest absolute Gasteiger partial charge is 0.481 e. The van der Waals surface area contributed by atoms with Gasteiger partial charge in [0.05, 0.1) is 18.2 Å². The lowest BCUT2D eigenvalue weighted by Crippen LogP contribution is -2.02. The number of imidazole rings is 1. The second-order valence-corrected chi connectivity index (χ2v) is 3.84. The molecule has 1 N–H and O–H groups in total. The number of hydrogen-bond acceptors (Lipinski definition) is 2. The number of aryl methyl sites for hydroxylation is 1. The van der Waals surface area contributed by atoms with Gasteiger partial charge in [-0.15, -0.1) is 0 Å². The van der Waals surface area contributed by atoms with Crippen molar-refractivity contribution in [2.75, 3.05) is 0 Å². The van der Waals surface area contributed by atoms with Crippen LogP contribution < -0.4 is 0 Å². The minimum atomic E-state index is -0.758. The molecular weight excluding hydrogens is 216 g/mol. The van der Waals surface area contributed by atoms with E-state index in [-0.39, 0.29) is 6.42 Å². The van der Waals surface area contributed by atoms with Crippen molar-refractivity contribution in [2.45, 2.75) is 19.4 Å². The van der Waals surface area contributed by atoms with Crippen molar-refractivity contribution in [3.05, 3.63) is 42.9 Å². The van der Waals surface area contributed by atoms with Crippen molar-refractivity contribution in [1.82, 2.24) is 9.55 Å². The molecule has 0 radical (unpaired) electrons. The van der Waals surface area contributed by atoms with Crippen LogP contribution in [0.5, 0.6) is 0 Å². The highest BCUT2D eigenvalue weighted by molar-refractivity contribution is 5.66. The number of carboxylic acids is 1. The average Bonchev–Trinajstić information content (AvgIpc) is 2.78. The molecule has 0 aliphatic rings. The minimum absolute atomic E-state index is 0.187. The van der Waals surface area contributed by atoms with E-state index < -0.39 is 5.97 Å². The van der Waals surface area contributed by atoms with Crippen molar-refractivity contribution < 1.29 is 9.90 Å². The van der Waals surface area contributed by atoms with Crippen LogP contribution in [0.15, 0.2) is 42.9 Å². The zero-order chi connectivity index (χ0) is 12.1. The van der Waals surface area contributed by atoms with Gasteiger partial charge in [-0.05, 0) is 12.0 Å². The molecule has 2 aromatic rings. The summed E-state index contributed by atoms with van der Waals surface area (Å²) in [5.41, 5.74) is 2.12. The Morgan fingerprint density at radius 2 is 2.06 bits per heavy atom. The Labute approximate surface area is 99.5 Å². The Bertz CT molecular complexity index is 491. The molecule has 1 heterocycles. The number of benzene rings is 1. The summed E-state index contributed by atoms with van der Waals surface area (Å²) in [6.45, 7) is 0.677. The van der Waals surface area contributed by atoms with Crippen LogP contribution >= 0.6 is 0 Å². The molecule has 0 bridgehead atoms. The van der Waals surface area contributed by atoms with Crippen LogP contribution in [0.1, 0.15) is 12.8 Å². The molecule has 0 aliphatic heterocycles. The number of hydrogen-bond donors (Lipinski definition) is 1. The van der Waals surface area contributed by atoms with E-state index in [4.69, 9.17) is 5.11 Å². The molecule has 0 saturated carbocycles. The molecule has 0 atom stereocenters. The summed E-state index contributed by atoms with van der Waals surface area (Å²) in [7, 11) is 0. The predicted molar refractivity (Wildman–Crippen MR) is 64.5 cm³/mol. The molecule has 0 saturated heterocycles. The van der Waals surface area contributed by atoms with Crippen molar-refractivity contribution >= 4 is 5.97 Å². The molecule has 1 aromatic carbocycles. The second-order valence-electron chi connectivity index (χ2n) is 3.84. The predicted octanol–water partition coefficient (Wildman–Crippen LogP) is 2.41. The lowest BCUT2D eigenvalue weighted by atomic mass is 10.1. The maximum atomic E-state index is 10.5. The third-order valence-corrected chi connectivity index (χ3v) is 2.57. The first-order valence-electron chi connectivity index (χ1n) is 5.55. The van der Waals surface area contributed by atoms with Gasteiger partial charge < -0.3 is 9.67 Å². The molecule has 4 heteroatoms. The Hall–Kier alpha value is -2.10. The van der Waals surface area contributed by atoms with E-state index in [9.17, 15) is 4.79 Å². The van der Waals surface area contributed by atoms with Crippen LogP contribution in [0.4, 0.5) is 0 Å². The quantitative estimate of drug-likeness (QED) is 0.858. The first-order chi connectivity index (χ1) is 8.27. The van der Waals surface area contributed by atoms with Gasteiger partial charge in [0, 0.05) is 13.0 Å². The van der Waals surface area contributed by atoms with Crippen LogP contribution in [0.25, 0.3) is 11.3 Å². The van der Waals surface area contributed by atoms with Crippen LogP contribution in [-0.4, -0.2) is 20.6 Å². The van der Waals surface area contributed by atoms with Crippen molar-refractivity contribution in [1.29, 1.82) is 0 Å². The summed E-state index contributed by atoms with van der Waals surface area (Å²) in [5.74, 6) is -0.758. The molecule has 4 nitrogen and oxygen atoms in total. The first kappa shape index (κ1) is 11.4. The van der Waals surface area contributed by atoms with Gasteiger partial charge in [-0.2, -0.15) is 0 Å². The average molecular weight is 230 g/mol. The van der Waals surface area contributed by atoms with Crippen LogP contribution in [0, 0.1) is 0 Å². The second kappa shape index (κ2) is 5.30. The lowest BCUT2D eigenvalue weighted by Gasteiger charge is -2.07. The van der Waals surface area contributed by atoms with Crippen molar-refractivity contribution in [3.8, 4) is 11.3 Å². The van der Waals surface area contributed by atoms with Crippen LogP contribution in [0.3, 0.4) is 0 Å². The molecule has 0 fully saturated rings. The Morgan fingerprint density at radius 3 is 2.76 bits per heavy atom. The molecule has 2 rings (SSSR count). The van der Waals surface area contributed by atoms with Crippen molar-refractivity contribution in [3.63, 3.8) is 0 Å². The summed E-state index contributed by atoms with van der Waals surface area (Å²) in [4.78, 5) is 14.6. The lowest BCUT2D eigenvalue weighted by molar-refractivity contribution is -0.137. The molecule has 0 amide bonds. The van der Waals surface area contributed by atoms with E-state index in [0.717, 1.165) is 11.3 Å². The molecule has 1 aromatic heterocycles. The fourth-order valence-corrected chi connectivity index (χ4v) is 1.75. The summed E-state index contributed by atoms with van der Waals surface area (Å²) < 4.78 is 1.98. The smallest absolute Gasteiger partial charge is 0.303 e. The number of carbonyl (C=O) groups is 1. The number of aromatic nitrogens is 2. The van der Waals surface area contributed by atoms with Gasteiger partial charge in [0.25, 0.3) is 0 Å². The van der Waals surface area contributed by atoms with Gasteiger partial charge in [-0.25, -0.2) is 4.98 Å². The van der Waals surface area contributed by atoms with Crippen LogP contribution in [0.2, 0.25) is 0 Å². The summed E-state index contributed by atoms with van der Waals surface area (Å²) in [5, 5.41) is 8.60. The molecule has 17 heavy (non-hydrogen) atoms. The Balaban J connectivity index is 2.10. The maximum absolute atomic E-state index is 10.5. The fourth-order valence-electron chi connectivity index (χ4n) is 1.75. The van der Waals surface area contributed by atoms with E-state index in [0.29, 0.717) is 13.0 Å². The Kier molecular flexibility index (Phi) is 3.55. The minimum Gasteiger partial charge on any atom is -0.481 e. The van der Waals surface area contributed by atoms with E-state index >= 15 is 0 Å². The standard InChI is InChI=1S/C13H14N2O2/c16-13(17)7-4-8-15-10-14-9-12(15)11-5-2-1-3-6-11/h1-3,5-6,9-10H,4,7-8H2,(H,16,17). The van der Waals surface area contributed by atoms with Crippen molar-refractivity contribution in [2.24, 2.45) is 0 Å². The van der Waals surface area contributed by atoms with E-state index in [1.54, 1.807) is 12.5 Å². The molecule has 88 valence electrons. The number of carboxylic acid groups (broad SMARTS) is 1. The number of nitrogens with zero attached hydrogens (tertiary/aromatic N) is 2. The molecule has 0 spiro atoms. The summed E-state index contributed by atoms with van der Waals surface area (Å²) in [6, 6.07) is 9.96. The first-order valence-corrected chi connectivity index (χ1v) is 5.55. The molecule has 0 aliphatic carbocycles. The zero-order valence-electron chi connectivity index (χ0n) is 9.41. The van der Waals surface area contributed by atoms with Gasteiger partial charge in [-0.3, -0.25) is 4.79 Å². The summed E-state index contributed by atoms with van der Waals surface area (Å²) in [6.07, 6.45) is 4.35. The fraction of sp³-hybridized carbons (Fsp3) is 0.231. The van der Waals surface area contributed by atoms with E-state index in [2.05, 4.69) is 4.98 Å². The van der Waals surface area contributed by atoms with E-state index in [1.165, 1.54) is 0 Å². The topological polar surface area (TPSA) is 55.1 Å². The SMILES string of the molecule is O=C(O)CCCn1cncc1-c1ccccc1. The third-order valence-electron chi connectivity index (χ3n) is 2.57. The van der Waals surface area contributed by atoms with E-state index in [1.807, 2.05) is 34.9 Å². The number of rotatable bonds is 5. The number of aliphatic carboxylic acids is 1. The molecule has 0 unspecified atom stereocenters. The van der Waals surface area contributed by atoms with Gasteiger partial charge in [0.15, 0.2) is 0 Å². The van der Waals surface area contributed by atoms with Gasteiger partial charge >= 0.3 is 5.97 Å². The highest BCUT2D eigenvalue weighted by Gasteiger charge is 2.05. The van der Waals surface area contributed by atoms with Gasteiger partial charge in [0.2, 0.25) is 0 Å². The summed E-state index contributed by atoms with van der Waals surface area (Å²) >= 11 is 0. The van der Waals surface area contributed by atoms with Crippen LogP contribution in [-0.2, 0) is 11.3 Å². The monoisotopic (exact) mass is 230 g/mol. The highest BCUT2D eigenvalue weighted by Crippen LogP contribution is 2.18. The molecular formula is C13H14N2O2. The Morgan fingerprint density at radius 1 is 1.29 bits per heavy atom. The van der Waals surface area contributed by atoms with Gasteiger partial charge in [0.1, 0.15) is 0 Å². The maximum Gasteiger partial charge on any atom is 0.303 e. The third kappa shape index (κ3) is 2.93. The zero-order valence-corrected chi connectivity index (χ0v) is 9.41. The van der Waals surface area contributed by atoms with Gasteiger partial charge in [-0.1, -0.05) is 30.3 Å².